The Morgan fingerprint density at radius 1 is 1.33 bits per heavy atom. The van der Waals surface area contributed by atoms with Crippen LogP contribution >= 0.6 is 0 Å². The summed E-state index contributed by atoms with van der Waals surface area (Å²) in [6, 6.07) is 4.01. The summed E-state index contributed by atoms with van der Waals surface area (Å²) in [5.74, 6) is 1.81. The van der Waals surface area contributed by atoms with Gasteiger partial charge in [0.15, 0.2) is 0 Å². The SMILES string of the molecule is CNc1cc(-c2c(C)coc2C)ccn1. The minimum atomic E-state index is 0.868. The fourth-order valence-corrected chi connectivity index (χ4v) is 1.73. The molecule has 3 heteroatoms. The zero-order valence-corrected chi connectivity index (χ0v) is 9.16. The standard InChI is InChI=1S/C12H14N2O/c1-8-7-15-9(2)12(8)10-4-5-14-11(6-10)13-3/h4-7H,1-3H3,(H,13,14). The van der Waals surface area contributed by atoms with Gasteiger partial charge in [0.05, 0.1) is 6.26 Å². The number of aryl methyl sites for hydroxylation is 2. The van der Waals surface area contributed by atoms with Crippen LogP contribution in [-0.4, -0.2) is 12.0 Å². The molecule has 0 saturated carbocycles. The second-order valence-electron chi connectivity index (χ2n) is 3.53. The maximum absolute atomic E-state index is 5.38. The molecule has 0 fully saturated rings. The number of aromatic nitrogens is 1. The number of nitrogens with one attached hydrogen (secondary N) is 1. The fourth-order valence-electron chi connectivity index (χ4n) is 1.73. The number of anilines is 1. The predicted octanol–water partition coefficient (Wildman–Crippen LogP) is 3.00. The van der Waals surface area contributed by atoms with Gasteiger partial charge in [-0.3, -0.25) is 0 Å². The van der Waals surface area contributed by atoms with Gasteiger partial charge in [-0.1, -0.05) is 0 Å². The minimum Gasteiger partial charge on any atom is -0.469 e. The monoisotopic (exact) mass is 202 g/mol. The summed E-state index contributed by atoms with van der Waals surface area (Å²) in [5.41, 5.74) is 3.45. The first-order valence-corrected chi connectivity index (χ1v) is 4.91. The summed E-state index contributed by atoms with van der Waals surface area (Å²) in [7, 11) is 1.86. The van der Waals surface area contributed by atoms with Crippen molar-refractivity contribution in [2.45, 2.75) is 13.8 Å². The molecule has 0 aliphatic heterocycles. The molecule has 78 valence electrons. The van der Waals surface area contributed by atoms with Crippen LogP contribution in [0.5, 0.6) is 0 Å². The summed E-state index contributed by atoms with van der Waals surface area (Å²) in [5, 5.41) is 3.03. The average Bonchev–Trinajstić information content (AvgIpc) is 2.59. The van der Waals surface area contributed by atoms with E-state index >= 15 is 0 Å². The topological polar surface area (TPSA) is 38.1 Å². The van der Waals surface area contributed by atoms with Gasteiger partial charge < -0.3 is 9.73 Å². The van der Waals surface area contributed by atoms with Crippen molar-refractivity contribution in [3.05, 3.63) is 35.9 Å². The van der Waals surface area contributed by atoms with Crippen molar-refractivity contribution in [2.75, 3.05) is 12.4 Å². The molecule has 2 heterocycles. The molecule has 0 atom stereocenters. The first kappa shape index (κ1) is 9.77. The Kier molecular flexibility index (Phi) is 2.46. The quantitative estimate of drug-likeness (QED) is 0.813. The number of hydrogen-bond acceptors (Lipinski definition) is 3. The van der Waals surface area contributed by atoms with Crippen LogP contribution in [0.2, 0.25) is 0 Å². The first-order valence-electron chi connectivity index (χ1n) is 4.91. The summed E-state index contributed by atoms with van der Waals surface area (Å²) in [4.78, 5) is 4.19. The van der Waals surface area contributed by atoms with Gasteiger partial charge >= 0.3 is 0 Å². The van der Waals surface area contributed by atoms with E-state index < -0.39 is 0 Å². The molecule has 0 amide bonds. The van der Waals surface area contributed by atoms with Crippen LogP contribution in [0.3, 0.4) is 0 Å². The fraction of sp³-hybridized carbons (Fsp3) is 0.250. The van der Waals surface area contributed by atoms with Crippen LogP contribution in [0.25, 0.3) is 11.1 Å². The largest absolute Gasteiger partial charge is 0.469 e. The van der Waals surface area contributed by atoms with Gasteiger partial charge in [0.1, 0.15) is 11.6 Å². The third kappa shape index (κ3) is 1.73. The van der Waals surface area contributed by atoms with E-state index in [0.29, 0.717) is 0 Å². The van der Waals surface area contributed by atoms with Gasteiger partial charge in [-0.25, -0.2) is 4.98 Å². The lowest BCUT2D eigenvalue weighted by atomic mass is 10.0. The molecule has 0 aromatic carbocycles. The molecule has 0 radical (unpaired) electrons. The van der Waals surface area contributed by atoms with E-state index in [4.69, 9.17) is 4.42 Å². The second kappa shape index (κ2) is 3.77. The molecule has 2 aromatic rings. The van der Waals surface area contributed by atoms with Gasteiger partial charge in [0.25, 0.3) is 0 Å². The molecular formula is C12H14N2O. The molecular weight excluding hydrogens is 188 g/mol. The van der Waals surface area contributed by atoms with E-state index in [1.807, 2.05) is 33.0 Å². The highest BCUT2D eigenvalue weighted by molar-refractivity contribution is 5.70. The Balaban J connectivity index is 2.53. The summed E-state index contributed by atoms with van der Waals surface area (Å²) < 4.78 is 5.38. The third-order valence-electron chi connectivity index (χ3n) is 2.46. The average molecular weight is 202 g/mol. The van der Waals surface area contributed by atoms with Crippen LogP contribution in [0.1, 0.15) is 11.3 Å². The summed E-state index contributed by atoms with van der Waals surface area (Å²) in [6.45, 7) is 4.02. The lowest BCUT2D eigenvalue weighted by Gasteiger charge is -2.04. The molecule has 2 aromatic heterocycles. The number of rotatable bonds is 2. The zero-order valence-electron chi connectivity index (χ0n) is 9.16. The van der Waals surface area contributed by atoms with E-state index in [0.717, 1.165) is 28.3 Å². The Morgan fingerprint density at radius 3 is 2.73 bits per heavy atom. The van der Waals surface area contributed by atoms with E-state index in [2.05, 4.69) is 10.3 Å². The predicted molar refractivity (Wildman–Crippen MR) is 61.0 cm³/mol. The number of furan rings is 1. The lowest BCUT2D eigenvalue weighted by Crippen LogP contribution is -1.92. The Labute approximate surface area is 89.1 Å². The molecule has 15 heavy (non-hydrogen) atoms. The Morgan fingerprint density at radius 2 is 2.13 bits per heavy atom. The molecule has 0 spiro atoms. The highest BCUT2D eigenvalue weighted by Crippen LogP contribution is 2.29. The van der Waals surface area contributed by atoms with Crippen molar-refractivity contribution in [2.24, 2.45) is 0 Å². The van der Waals surface area contributed by atoms with E-state index in [-0.39, 0.29) is 0 Å². The van der Waals surface area contributed by atoms with Crippen molar-refractivity contribution >= 4 is 5.82 Å². The van der Waals surface area contributed by atoms with Crippen molar-refractivity contribution in [3.63, 3.8) is 0 Å². The number of hydrogen-bond donors (Lipinski definition) is 1. The third-order valence-corrected chi connectivity index (χ3v) is 2.46. The highest BCUT2D eigenvalue weighted by Gasteiger charge is 2.09. The van der Waals surface area contributed by atoms with E-state index in [1.165, 1.54) is 0 Å². The Hall–Kier alpha value is -1.77. The van der Waals surface area contributed by atoms with Crippen molar-refractivity contribution in [1.29, 1.82) is 0 Å². The van der Waals surface area contributed by atoms with Crippen molar-refractivity contribution < 1.29 is 4.42 Å². The van der Waals surface area contributed by atoms with Gasteiger partial charge in [-0.2, -0.15) is 0 Å². The number of pyridine rings is 1. The lowest BCUT2D eigenvalue weighted by molar-refractivity contribution is 0.534. The highest BCUT2D eigenvalue weighted by atomic mass is 16.3. The summed E-state index contributed by atoms with van der Waals surface area (Å²) >= 11 is 0. The van der Waals surface area contributed by atoms with E-state index in [1.54, 1.807) is 12.5 Å². The molecule has 0 aliphatic carbocycles. The number of nitrogens with zero attached hydrogens (tertiary/aromatic N) is 1. The normalized spacial score (nSPS) is 10.3. The molecule has 3 nitrogen and oxygen atoms in total. The maximum Gasteiger partial charge on any atom is 0.126 e. The second-order valence-corrected chi connectivity index (χ2v) is 3.53. The van der Waals surface area contributed by atoms with Gasteiger partial charge in [-0.05, 0) is 37.1 Å². The molecule has 0 saturated heterocycles. The van der Waals surface area contributed by atoms with Crippen molar-refractivity contribution in [1.82, 2.24) is 4.98 Å². The van der Waals surface area contributed by atoms with Crippen LogP contribution in [0.15, 0.2) is 29.0 Å². The van der Waals surface area contributed by atoms with Crippen molar-refractivity contribution in [3.8, 4) is 11.1 Å². The Bertz CT molecular complexity index is 455. The van der Waals surface area contributed by atoms with Crippen LogP contribution in [0, 0.1) is 13.8 Å². The molecule has 0 bridgehead atoms. The maximum atomic E-state index is 5.38. The van der Waals surface area contributed by atoms with Gasteiger partial charge in [0.2, 0.25) is 0 Å². The first-order chi connectivity index (χ1) is 7.22. The van der Waals surface area contributed by atoms with Crippen LogP contribution in [0.4, 0.5) is 5.82 Å². The smallest absolute Gasteiger partial charge is 0.126 e. The van der Waals surface area contributed by atoms with Gasteiger partial charge in [0, 0.05) is 18.8 Å². The van der Waals surface area contributed by atoms with Gasteiger partial charge in [-0.15, -0.1) is 0 Å². The summed E-state index contributed by atoms with van der Waals surface area (Å²) in [6.07, 6.45) is 3.58. The van der Waals surface area contributed by atoms with Crippen LogP contribution < -0.4 is 5.32 Å². The zero-order chi connectivity index (χ0) is 10.8. The molecule has 0 aliphatic rings. The molecule has 1 N–H and O–H groups in total. The molecule has 0 unspecified atom stereocenters. The molecule has 2 rings (SSSR count). The van der Waals surface area contributed by atoms with E-state index in [9.17, 15) is 0 Å². The minimum absolute atomic E-state index is 0.868. The van der Waals surface area contributed by atoms with Crippen LogP contribution in [-0.2, 0) is 0 Å².